The minimum absolute atomic E-state index is 0.0557. The number of hydrogen-bond donors (Lipinski definition) is 2. The summed E-state index contributed by atoms with van der Waals surface area (Å²) in [6.45, 7) is 2.13. The van der Waals surface area contributed by atoms with Gasteiger partial charge in [0.25, 0.3) is 0 Å². The predicted molar refractivity (Wildman–Crippen MR) is 88.3 cm³/mol. The molecule has 124 valence electrons. The first kappa shape index (κ1) is 16.0. The fraction of sp³-hybridized carbons (Fsp3) is 0.556. The first-order chi connectivity index (χ1) is 11.1. The van der Waals surface area contributed by atoms with E-state index in [0.29, 0.717) is 36.6 Å². The summed E-state index contributed by atoms with van der Waals surface area (Å²) in [6.07, 6.45) is 5.28. The highest BCUT2D eigenvalue weighted by atomic mass is 16.5. The van der Waals surface area contributed by atoms with Crippen LogP contribution in [0.4, 0.5) is 5.69 Å². The van der Waals surface area contributed by atoms with Crippen LogP contribution in [-0.4, -0.2) is 30.6 Å². The molecule has 1 amide bonds. The third-order valence-electron chi connectivity index (χ3n) is 4.72. The Morgan fingerprint density at radius 1 is 1.17 bits per heavy atom. The number of fused-ring (bicyclic) bond motifs is 2. The molecule has 1 aromatic carbocycles. The van der Waals surface area contributed by atoms with Crippen LogP contribution in [0.2, 0.25) is 0 Å². The fourth-order valence-electron chi connectivity index (χ4n) is 3.72. The quantitative estimate of drug-likeness (QED) is 0.820. The van der Waals surface area contributed by atoms with Crippen molar-refractivity contribution in [1.82, 2.24) is 5.32 Å². The molecule has 2 aliphatic heterocycles. The van der Waals surface area contributed by atoms with Crippen LogP contribution >= 0.6 is 0 Å². The average molecular weight is 316 g/mol. The van der Waals surface area contributed by atoms with Crippen molar-refractivity contribution in [2.45, 2.75) is 51.1 Å². The van der Waals surface area contributed by atoms with Crippen molar-refractivity contribution in [3.05, 3.63) is 29.8 Å². The third kappa shape index (κ3) is 4.10. The Morgan fingerprint density at radius 3 is 2.43 bits per heavy atom. The van der Waals surface area contributed by atoms with Gasteiger partial charge in [-0.05, 0) is 62.8 Å². The first-order valence-electron chi connectivity index (χ1n) is 8.47. The summed E-state index contributed by atoms with van der Waals surface area (Å²) in [4.78, 5) is 23.8. The van der Waals surface area contributed by atoms with Crippen molar-refractivity contribution in [3.8, 4) is 0 Å². The molecule has 0 saturated carbocycles. The second kappa shape index (κ2) is 7.13. The summed E-state index contributed by atoms with van der Waals surface area (Å²) in [6, 6.07) is 8.06. The summed E-state index contributed by atoms with van der Waals surface area (Å²) >= 11 is 0. The van der Waals surface area contributed by atoms with Crippen LogP contribution in [0.25, 0.3) is 0 Å². The smallest absolute Gasteiger partial charge is 0.338 e. The largest absolute Gasteiger partial charge is 0.462 e. The monoisotopic (exact) mass is 316 g/mol. The van der Waals surface area contributed by atoms with E-state index in [1.165, 1.54) is 12.8 Å². The number of rotatable bonds is 5. The lowest BCUT2D eigenvalue weighted by Crippen LogP contribution is -2.39. The van der Waals surface area contributed by atoms with Gasteiger partial charge in [0.15, 0.2) is 0 Å². The van der Waals surface area contributed by atoms with Crippen LogP contribution in [-0.2, 0) is 9.53 Å². The highest BCUT2D eigenvalue weighted by Gasteiger charge is 2.34. The molecule has 5 heteroatoms. The highest BCUT2D eigenvalue weighted by molar-refractivity contribution is 5.93. The van der Waals surface area contributed by atoms with E-state index in [1.54, 1.807) is 31.2 Å². The van der Waals surface area contributed by atoms with Crippen molar-refractivity contribution in [2.75, 3.05) is 11.9 Å². The minimum Gasteiger partial charge on any atom is -0.462 e. The number of piperidine rings is 1. The summed E-state index contributed by atoms with van der Waals surface area (Å²) in [5, 5.41) is 6.52. The maximum absolute atomic E-state index is 12.2. The zero-order valence-electron chi connectivity index (χ0n) is 13.5. The first-order valence-corrected chi connectivity index (χ1v) is 8.47. The summed E-state index contributed by atoms with van der Waals surface area (Å²) < 4.78 is 4.94. The number of hydrogen-bond acceptors (Lipinski definition) is 4. The molecular weight excluding hydrogens is 292 g/mol. The van der Waals surface area contributed by atoms with Gasteiger partial charge in [-0.3, -0.25) is 4.79 Å². The molecule has 0 radical (unpaired) electrons. The highest BCUT2D eigenvalue weighted by Crippen LogP contribution is 2.32. The number of anilines is 1. The zero-order chi connectivity index (χ0) is 16.2. The molecule has 2 bridgehead atoms. The van der Waals surface area contributed by atoms with E-state index in [9.17, 15) is 9.59 Å². The van der Waals surface area contributed by atoms with Crippen LogP contribution in [0.1, 0.15) is 49.4 Å². The molecule has 2 unspecified atom stereocenters. The summed E-state index contributed by atoms with van der Waals surface area (Å²) in [5.41, 5.74) is 1.22. The lowest BCUT2D eigenvalue weighted by molar-refractivity contribution is -0.117. The molecule has 2 N–H and O–H groups in total. The van der Waals surface area contributed by atoms with E-state index in [0.717, 1.165) is 18.5 Å². The second-order valence-electron chi connectivity index (χ2n) is 6.53. The van der Waals surface area contributed by atoms with Crippen LogP contribution < -0.4 is 10.6 Å². The van der Waals surface area contributed by atoms with Crippen molar-refractivity contribution >= 4 is 17.6 Å². The lowest BCUT2D eigenvalue weighted by atomic mass is 9.89. The van der Waals surface area contributed by atoms with Crippen LogP contribution in [0, 0.1) is 5.92 Å². The van der Waals surface area contributed by atoms with Gasteiger partial charge in [-0.2, -0.15) is 0 Å². The molecule has 2 aliphatic rings. The number of esters is 1. The van der Waals surface area contributed by atoms with Gasteiger partial charge in [0, 0.05) is 24.2 Å². The molecule has 1 aromatic rings. The van der Waals surface area contributed by atoms with Crippen LogP contribution in [0.3, 0.4) is 0 Å². The molecule has 3 rings (SSSR count). The molecular formula is C18H24N2O3. The maximum atomic E-state index is 12.2. The molecule has 0 aromatic heterocycles. The number of ether oxygens (including phenoxy) is 1. The van der Waals surface area contributed by atoms with E-state index in [4.69, 9.17) is 4.74 Å². The number of nitrogens with one attached hydrogen (secondary N) is 2. The average Bonchev–Trinajstić information content (AvgIpc) is 2.87. The molecule has 0 aliphatic carbocycles. The Balaban J connectivity index is 1.50. The van der Waals surface area contributed by atoms with E-state index in [-0.39, 0.29) is 11.9 Å². The number of carbonyl (C=O) groups is 2. The maximum Gasteiger partial charge on any atom is 0.338 e. The molecule has 2 fully saturated rings. The minimum atomic E-state index is -0.337. The lowest BCUT2D eigenvalue weighted by Gasteiger charge is -2.28. The van der Waals surface area contributed by atoms with Gasteiger partial charge >= 0.3 is 5.97 Å². The predicted octanol–water partition coefficient (Wildman–Crippen LogP) is 2.72. The van der Waals surface area contributed by atoms with E-state index < -0.39 is 0 Å². The number of amides is 1. The van der Waals surface area contributed by atoms with Crippen LogP contribution in [0.5, 0.6) is 0 Å². The Labute approximate surface area is 136 Å². The summed E-state index contributed by atoms with van der Waals surface area (Å²) in [7, 11) is 0. The van der Waals surface area contributed by atoms with Crippen molar-refractivity contribution < 1.29 is 14.3 Å². The van der Waals surface area contributed by atoms with Gasteiger partial charge in [0.1, 0.15) is 0 Å². The standard InChI is InChI=1S/C18H24N2O3/c1-2-23-18(22)13-3-5-14(6-4-13)20-17(21)11-12-9-15-7-8-16(10-12)19-15/h3-6,12,15-16,19H,2,7-11H2,1H3,(H,20,21). The third-order valence-corrected chi connectivity index (χ3v) is 4.72. The molecule has 0 spiro atoms. The van der Waals surface area contributed by atoms with E-state index in [2.05, 4.69) is 10.6 Å². The van der Waals surface area contributed by atoms with Gasteiger partial charge in [0.2, 0.25) is 5.91 Å². The van der Waals surface area contributed by atoms with Crippen molar-refractivity contribution in [3.63, 3.8) is 0 Å². The molecule has 2 atom stereocenters. The van der Waals surface area contributed by atoms with Gasteiger partial charge in [-0.1, -0.05) is 0 Å². The normalized spacial score (nSPS) is 25.9. The van der Waals surface area contributed by atoms with Gasteiger partial charge in [0.05, 0.1) is 12.2 Å². The second-order valence-corrected chi connectivity index (χ2v) is 6.53. The Morgan fingerprint density at radius 2 is 1.83 bits per heavy atom. The van der Waals surface area contributed by atoms with E-state index in [1.807, 2.05) is 0 Å². The van der Waals surface area contributed by atoms with Crippen molar-refractivity contribution in [1.29, 1.82) is 0 Å². The van der Waals surface area contributed by atoms with Crippen molar-refractivity contribution in [2.24, 2.45) is 5.92 Å². The Bertz CT molecular complexity index is 558. The molecule has 2 heterocycles. The van der Waals surface area contributed by atoms with E-state index >= 15 is 0 Å². The Kier molecular flexibility index (Phi) is 4.96. The number of carbonyl (C=O) groups excluding carboxylic acids is 2. The Hall–Kier alpha value is -1.88. The molecule has 23 heavy (non-hydrogen) atoms. The van der Waals surface area contributed by atoms with Gasteiger partial charge in [-0.15, -0.1) is 0 Å². The number of benzene rings is 1. The molecule has 2 saturated heterocycles. The summed E-state index contributed by atoms with van der Waals surface area (Å²) in [5.74, 6) is 0.197. The van der Waals surface area contributed by atoms with Gasteiger partial charge in [-0.25, -0.2) is 4.79 Å². The van der Waals surface area contributed by atoms with Gasteiger partial charge < -0.3 is 15.4 Å². The molecule has 5 nitrogen and oxygen atoms in total. The van der Waals surface area contributed by atoms with Crippen LogP contribution in [0.15, 0.2) is 24.3 Å². The zero-order valence-corrected chi connectivity index (χ0v) is 13.5. The topological polar surface area (TPSA) is 67.4 Å². The SMILES string of the molecule is CCOC(=O)c1ccc(NC(=O)CC2CC3CCC(C2)N3)cc1. The fourth-order valence-corrected chi connectivity index (χ4v) is 3.72.